The van der Waals surface area contributed by atoms with Crippen molar-refractivity contribution in [2.75, 3.05) is 19.6 Å². The van der Waals surface area contributed by atoms with Crippen LogP contribution in [-0.4, -0.2) is 41.9 Å². The van der Waals surface area contributed by atoms with Crippen molar-refractivity contribution in [1.29, 1.82) is 5.26 Å². The molecule has 3 rings (SSSR count). The van der Waals surface area contributed by atoms with Gasteiger partial charge in [-0.3, -0.25) is 14.5 Å². The first-order valence-electron chi connectivity index (χ1n) is 10.9. The maximum absolute atomic E-state index is 12.5. The SMILES string of the molecule is N#CC1(NC(=O)CN2CCC(C(=O)NCc3ccccc3)CC2)CCCCCC1. The fraction of sp³-hybridized carbons (Fsp3) is 0.609. The van der Waals surface area contributed by atoms with E-state index in [1.807, 2.05) is 30.3 Å². The maximum Gasteiger partial charge on any atom is 0.235 e. The molecule has 2 N–H and O–H groups in total. The molecule has 156 valence electrons. The Morgan fingerprint density at radius 1 is 1.07 bits per heavy atom. The van der Waals surface area contributed by atoms with Crippen molar-refractivity contribution < 1.29 is 9.59 Å². The summed E-state index contributed by atoms with van der Waals surface area (Å²) in [4.78, 5) is 27.1. The van der Waals surface area contributed by atoms with Crippen molar-refractivity contribution >= 4 is 11.8 Å². The molecule has 6 nitrogen and oxygen atoms in total. The number of nitriles is 1. The normalized spacial score (nSPS) is 20.2. The molecule has 0 unspecified atom stereocenters. The first-order valence-corrected chi connectivity index (χ1v) is 10.9. The number of nitrogens with zero attached hydrogens (tertiary/aromatic N) is 2. The average Bonchev–Trinajstić information content (AvgIpc) is 2.99. The van der Waals surface area contributed by atoms with Crippen LogP contribution in [0.15, 0.2) is 30.3 Å². The minimum Gasteiger partial charge on any atom is -0.352 e. The summed E-state index contributed by atoms with van der Waals surface area (Å²) in [7, 11) is 0. The van der Waals surface area contributed by atoms with Gasteiger partial charge in [0.2, 0.25) is 11.8 Å². The van der Waals surface area contributed by atoms with E-state index in [2.05, 4.69) is 21.6 Å². The van der Waals surface area contributed by atoms with E-state index in [0.29, 0.717) is 13.1 Å². The van der Waals surface area contributed by atoms with Gasteiger partial charge in [-0.15, -0.1) is 0 Å². The zero-order valence-corrected chi connectivity index (χ0v) is 17.2. The summed E-state index contributed by atoms with van der Waals surface area (Å²) in [6.45, 7) is 2.33. The predicted octanol–water partition coefficient (Wildman–Crippen LogP) is 2.75. The van der Waals surface area contributed by atoms with E-state index < -0.39 is 5.54 Å². The summed E-state index contributed by atoms with van der Waals surface area (Å²) < 4.78 is 0. The molecule has 29 heavy (non-hydrogen) atoms. The molecule has 0 bridgehead atoms. The summed E-state index contributed by atoms with van der Waals surface area (Å²) in [6, 6.07) is 12.3. The lowest BCUT2D eigenvalue weighted by atomic mass is 9.91. The molecule has 1 aliphatic carbocycles. The number of hydrogen-bond acceptors (Lipinski definition) is 4. The quantitative estimate of drug-likeness (QED) is 0.724. The Morgan fingerprint density at radius 3 is 2.34 bits per heavy atom. The highest BCUT2D eigenvalue weighted by atomic mass is 16.2. The Balaban J connectivity index is 1.40. The van der Waals surface area contributed by atoms with E-state index in [9.17, 15) is 14.9 Å². The average molecular weight is 397 g/mol. The number of hydrogen-bond donors (Lipinski definition) is 2. The van der Waals surface area contributed by atoms with Gasteiger partial charge in [-0.05, 0) is 44.3 Å². The number of nitrogens with one attached hydrogen (secondary N) is 2. The fourth-order valence-corrected chi connectivity index (χ4v) is 4.39. The van der Waals surface area contributed by atoms with Crippen LogP contribution in [0.25, 0.3) is 0 Å². The minimum absolute atomic E-state index is 0.00494. The summed E-state index contributed by atoms with van der Waals surface area (Å²) in [6.07, 6.45) is 7.29. The Labute approximate surface area is 173 Å². The third-order valence-corrected chi connectivity index (χ3v) is 6.18. The van der Waals surface area contributed by atoms with Crippen molar-refractivity contribution in [3.63, 3.8) is 0 Å². The molecule has 2 fully saturated rings. The van der Waals surface area contributed by atoms with Gasteiger partial charge in [0.15, 0.2) is 0 Å². The Bertz CT molecular complexity index is 712. The topological polar surface area (TPSA) is 85.2 Å². The number of likely N-dealkylation sites (tertiary alicyclic amines) is 1. The minimum atomic E-state index is -0.691. The lowest BCUT2D eigenvalue weighted by molar-refractivity contribution is -0.127. The first kappa shape index (κ1) is 21.3. The van der Waals surface area contributed by atoms with Gasteiger partial charge >= 0.3 is 0 Å². The summed E-state index contributed by atoms with van der Waals surface area (Å²) >= 11 is 0. The van der Waals surface area contributed by atoms with Crippen LogP contribution in [0.4, 0.5) is 0 Å². The molecule has 1 aromatic rings. The Hall–Kier alpha value is -2.39. The van der Waals surface area contributed by atoms with Crippen molar-refractivity contribution in [2.24, 2.45) is 5.92 Å². The van der Waals surface area contributed by atoms with Crippen LogP contribution in [0.2, 0.25) is 0 Å². The molecular weight excluding hydrogens is 364 g/mol. The molecule has 0 aromatic heterocycles. The number of benzene rings is 1. The van der Waals surface area contributed by atoms with Gasteiger partial charge in [0.1, 0.15) is 5.54 Å². The van der Waals surface area contributed by atoms with Crippen LogP contribution >= 0.6 is 0 Å². The van der Waals surface area contributed by atoms with Crippen LogP contribution in [0, 0.1) is 17.2 Å². The van der Waals surface area contributed by atoms with Crippen molar-refractivity contribution in [2.45, 2.75) is 63.5 Å². The van der Waals surface area contributed by atoms with Gasteiger partial charge in [-0.1, -0.05) is 56.0 Å². The Morgan fingerprint density at radius 2 is 1.72 bits per heavy atom. The Kier molecular flexibility index (Phi) is 7.65. The van der Waals surface area contributed by atoms with E-state index >= 15 is 0 Å². The molecule has 2 amide bonds. The van der Waals surface area contributed by atoms with E-state index in [4.69, 9.17) is 0 Å². The van der Waals surface area contributed by atoms with Crippen LogP contribution in [0.5, 0.6) is 0 Å². The predicted molar refractivity (Wildman–Crippen MR) is 112 cm³/mol. The molecule has 1 saturated heterocycles. The third-order valence-electron chi connectivity index (χ3n) is 6.18. The lowest BCUT2D eigenvalue weighted by Crippen LogP contribution is -2.51. The number of carbonyl (C=O) groups is 2. The van der Waals surface area contributed by atoms with Gasteiger partial charge in [0, 0.05) is 12.5 Å². The second kappa shape index (κ2) is 10.4. The van der Waals surface area contributed by atoms with E-state index in [1.165, 1.54) is 0 Å². The third kappa shape index (κ3) is 6.30. The molecule has 0 atom stereocenters. The maximum atomic E-state index is 12.5. The molecule has 1 aromatic carbocycles. The van der Waals surface area contributed by atoms with E-state index in [-0.39, 0.29) is 17.7 Å². The summed E-state index contributed by atoms with van der Waals surface area (Å²) in [5.41, 5.74) is 0.406. The number of carbonyl (C=O) groups excluding carboxylic acids is 2. The second-order valence-electron chi connectivity index (χ2n) is 8.41. The number of rotatable bonds is 6. The van der Waals surface area contributed by atoms with Crippen molar-refractivity contribution in [3.05, 3.63) is 35.9 Å². The second-order valence-corrected chi connectivity index (χ2v) is 8.41. The van der Waals surface area contributed by atoms with Crippen molar-refractivity contribution in [1.82, 2.24) is 15.5 Å². The molecule has 1 aliphatic heterocycles. The van der Waals surface area contributed by atoms with Gasteiger partial charge < -0.3 is 10.6 Å². The molecule has 1 heterocycles. The van der Waals surface area contributed by atoms with E-state index in [1.54, 1.807) is 0 Å². The zero-order valence-electron chi connectivity index (χ0n) is 17.2. The highest BCUT2D eigenvalue weighted by Gasteiger charge is 2.33. The standard InChI is InChI=1S/C23H32N4O2/c24-18-23(12-6-1-2-7-13-23)26-21(28)17-27-14-10-20(11-15-27)22(29)25-16-19-8-4-3-5-9-19/h3-5,8-9,20H,1-2,6-7,10-17H2,(H,25,29)(H,26,28). The fourth-order valence-electron chi connectivity index (χ4n) is 4.39. The summed E-state index contributed by atoms with van der Waals surface area (Å²) in [5, 5.41) is 15.7. The first-order chi connectivity index (χ1) is 14.1. The van der Waals surface area contributed by atoms with Gasteiger partial charge in [0.05, 0.1) is 12.6 Å². The van der Waals surface area contributed by atoms with Gasteiger partial charge in [-0.25, -0.2) is 0 Å². The van der Waals surface area contributed by atoms with Crippen LogP contribution in [-0.2, 0) is 16.1 Å². The molecule has 6 heteroatoms. The zero-order chi connectivity index (χ0) is 20.5. The summed E-state index contributed by atoms with van der Waals surface area (Å²) in [5.74, 6) is 0.0330. The highest BCUT2D eigenvalue weighted by Crippen LogP contribution is 2.26. The molecular formula is C23H32N4O2. The molecule has 2 aliphatic rings. The van der Waals surface area contributed by atoms with Crippen LogP contribution in [0.1, 0.15) is 56.9 Å². The highest BCUT2D eigenvalue weighted by molar-refractivity contribution is 5.80. The molecule has 0 spiro atoms. The largest absolute Gasteiger partial charge is 0.352 e. The lowest BCUT2D eigenvalue weighted by Gasteiger charge is -2.32. The van der Waals surface area contributed by atoms with Crippen LogP contribution in [0.3, 0.4) is 0 Å². The monoisotopic (exact) mass is 396 g/mol. The number of piperidine rings is 1. The number of amides is 2. The van der Waals surface area contributed by atoms with Gasteiger partial charge in [0.25, 0.3) is 0 Å². The van der Waals surface area contributed by atoms with Crippen LogP contribution < -0.4 is 10.6 Å². The molecule has 0 radical (unpaired) electrons. The van der Waals surface area contributed by atoms with E-state index in [0.717, 1.165) is 70.0 Å². The smallest absolute Gasteiger partial charge is 0.235 e. The molecule has 1 saturated carbocycles. The van der Waals surface area contributed by atoms with Crippen molar-refractivity contribution in [3.8, 4) is 6.07 Å². The van der Waals surface area contributed by atoms with Gasteiger partial charge in [-0.2, -0.15) is 5.26 Å².